The van der Waals surface area contributed by atoms with E-state index in [1.165, 1.54) is 5.56 Å². The average Bonchev–Trinajstić information content (AvgIpc) is 2.49. The van der Waals surface area contributed by atoms with Gasteiger partial charge in [-0.2, -0.15) is 0 Å². The molecule has 1 saturated heterocycles. The summed E-state index contributed by atoms with van der Waals surface area (Å²) in [5.74, 6) is -0.979. The molecule has 2 N–H and O–H groups in total. The van der Waals surface area contributed by atoms with Gasteiger partial charge in [0.1, 0.15) is 0 Å². The summed E-state index contributed by atoms with van der Waals surface area (Å²) in [5.41, 5.74) is 3.10. The van der Waals surface area contributed by atoms with Gasteiger partial charge in [0.05, 0.1) is 12.0 Å². The highest BCUT2D eigenvalue weighted by molar-refractivity contribution is 5.94. The SMILES string of the molecule is Cc1ccc(NC(=O)C(C)N2CC(C)CC(C(=O)O)C2)cc1C. The van der Waals surface area contributed by atoms with Crippen molar-refractivity contribution < 1.29 is 14.7 Å². The number of carbonyl (C=O) groups excluding carboxylic acids is 1. The van der Waals surface area contributed by atoms with Crippen LogP contribution < -0.4 is 5.32 Å². The number of amides is 1. The van der Waals surface area contributed by atoms with Gasteiger partial charge in [0.25, 0.3) is 0 Å². The van der Waals surface area contributed by atoms with Crippen LogP contribution >= 0.6 is 0 Å². The molecule has 23 heavy (non-hydrogen) atoms. The summed E-state index contributed by atoms with van der Waals surface area (Å²) in [6, 6.07) is 5.49. The number of likely N-dealkylation sites (tertiary alicyclic amines) is 1. The van der Waals surface area contributed by atoms with Crippen LogP contribution in [-0.4, -0.2) is 41.0 Å². The number of hydrogen-bond donors (Lipinski definition) is 2. The number of rotatable bonds is 4. The maximum absolute atomic E-state index is 12.5. The predicted octanol–water partition coefficient (Wildman–Crippen LogP) is 2.67. The first kappa shape index (κ1) is 17.5. The summed E-state index contributed by atoms with van der Waals surface area (Å²) < 4.78 is 0. The number of carboxylic acid groups (broad SMARTS) is 1. The number of aliphatic carboxylic acids is 1. The van der Waals surface area contributed by atoms with Crippen molar-refractivity contribution in [3.63, 3.8) is 0 Å². The van der Waals surface area contributed by atoms with Gasteiger partial charge in [0, 0.05) is 18.8 Å². The molecule has 0 aromatic heterocycles. The normalized spacial score (nSPS) is 23.3. The van der Waals surface area contributed by atoms with E-state index in [0.29, 0.717) is 13.0 Å². The molecule has 0 aliphatic carbocycles. The first-order chi connectivity index (χ1) is 10.8. The molecule has 2 rings (SSSR count). The van der Waals surface area contributed by atoms with Crippen LogP contribution in [0.5, 0.6) is 0 Å². The van der Waals surface area contributed by atoms with Crippen molar-refractivity contribution in [1.29, 1.82) is 0 Å². The van der Waals surface area contributed by atoms with Gasteiger partial charge in [-0.1, -0.05) is 13.0 Å². The van der Waals surface area contributed by atoms with E-state index in [2.05, 4.69) is 5.32 Å². The van der Waals surface area contributed by atoms with Crippen LogP contribution in [0.2, 0.25) is 0 Å². The summed E-state index contributed by atoms with van der Waals surface area (Å²) in [4.78, 5) is 25.7. The zero-order chi connectivity index (χ0) is 17.1. The van der Waals surface area contributed by atoms with Crippen LogP contribution in [0.3, 0.4) is 0 Å². The lowest BCUT2D eigenvalue weighted by Crippen LogP contribution is -2.50. The van der Waals surface area contributed by atoms with E-state index in [1.807, 2.05) is 50.8 Å². The molecule has 0 bridgehead atoms. The van der Waals surface area contributed by atoms with Gasteiger partial charge in [-0.3, -0.25) is 14.5 Å². The van der Waals surface area contributed by atoms with Gasteiger partial charge in [0.2, 0.25) is 5.91 Å². The van der Waals surface area contributed by atoms with Gasteiger partial charge in [-0.15, -0.1) is 0 Å². The molecule has 3 atom stereocenters. The number of nitrogens with zero attached hydrogens (tertiary/aromatic N) is 1. The molecule has 1 fully saturated rings. The molecule has 5 heteroatoms. The number of benzene rings is 1. The van der Waals surface area contributed by atoms with Crippen molar-refractivity contribution >= 4 is 17.6 Å². The minimum atomic E-state index is -0.775. The smallest absolute Gasteiger partial charge is 0.307 e. The highest BCUT2D eigenvalue weighted by Crippen LogP contribution is 2.24. The Labute approximate surface area is 137 Å². The molecule has 0 radical (unpaired) electrons. The molecule has 3 unspecified atom stereocenters. The number of piperidine rings is 1. The molecule has 1 aliphatic rings. The second-order valence-corrected chi connectivity index (χ2v) is 6.79. The Balaban J connectivity index is 2.03. The van der Waals surface area contributed by atoms with Gasteiger partial charge < -0.3 is 10.4 Å². The standard InChI is InChI=1S/C18H26N2O3/c1-11-7-15(18(22)23)10-20(9-11)14(4)17(21)19-16-6-5-12(2)13(3)8-16/h5-6,8,11,14-15H,7,9-10H2,1-4H3,(H,19,21)(H,22,23). The summed E-state index contributed by atoms with van der Waals surface area (Å²) >= 11 is 0. The van der Waals surface area contributed by atoms with Crippen molar-refractivity contribution in [2.45, 2.75) is 40.2 Å². The average molecular weight is 318 g/mol. The molecule has 0 spiro atoms. The molecule has 1 amide bonds. The Morgan fingerprint density at radius 1 is 1.26 bits per heavy atom. The molecule has 1 aromatic rings. The predicted molar refractivity (Wildman–Crippen MR) is 90.5 cm³/mol. The molecular formula is C18H26N2O3. The van der Waals surface area contributed by atoms with E-state index in [1.54, 1.807) is 0 Å². The monoisotopic (exact) mass is 318 g/mol. The zero-order valence-corrected chi connectivity index (χ0v) is 14.3. The third-order valence-corrected chi connectivity index (χ3v) is 4.74. The zero-order valence-electron chi connectivity index (χ0n) is 14.3. The van der Waals surface area contributed by atoms with Crippen LogP contribution in [0, 0.1) is 25.7 Å². The van der Waals surface area contributed by atoms with Crippen molar-refractivity contribution in [2.75, 3.05) is 18.4 Å². The van der Waals surface area contributed by atoms with E-state index in [0.717, 1.165) is 17.8 Å². The van der Waals surface area contributed by atoms with Gasteiger partial charge in [-0.25, -0.2) is 0 Å². The first-order valence-electron chi connectivity index (χ1n) is 8.13. The van der Waals surface area contributed by atoms with Gasteiger partial charge in [-0.05, 0) is 56.4 Å². The number of hydrogen-bond acceptors (Lipinski definition) is 3. The van der Waals surface area contributed by atoms with Crippen molar-refractivity contribution in [3.8, 4) is 0 Å². The summed E-state index contributed by atoms with van der Waals surface area (Å²) in [5, 5.41) is 12.2. The lowest BCUT2D eigenvalue weighted by Gasteiger charge is -2.37. The fourth-order valence-corrected chi connectivity index (χ4v) is 3.12. The molecule has 1 heterocycles. The Kier molecular flexibility index (Phi) is 5.42. The third-order valence-electron chi connectivity index (χ3n) is 4.74. The van der Waals surface area contributed by atoms with Crippen LogP contribution in [-0.2, 0) is 9.59 Å². The Hall–Kier alpha value is -1.88. The maximum atomic E-state index is 12.5. The molecule has 126 valence electrons. The highest BCUT2D eigenvalue weighted by atomic mass is 16.4. The van der Waals surface area contributed by atoms with E-state index in [-0.39, 0.29) is 17.9 Å². The summed E-state index contributed by atoms with van der Waals surface area (Å²) in [6.07, 6.45) is 0.678. The van der Waals surface area contributed by atoms with Crippen molar-refractivity contribution in [2.24, 2.45) is 11.8 Å². The fraction of sp³-hybridized carbons (Fsp3) is 0.556. The highest BCUT2D eigenvalue weighted by Gasteiger charge is 2.33. The molecule has 1 aliphatic heterocycles. The topological polar surface area (TPSA) is 69.6 Å². The molecular weight excluding hydrogens is 292 g/mol. The minimum Gasteiger partial charge on any atom is -0.481 e. The quantitative estimate of drug-likeness (QED) is 0.895. The Morgan fingerprint density at radius 3 is 2.57 bits per heavy atom. The number of anilines is 1. The van der Waals surface area contributed by atoms with Crippen molar-refractivity contribution in [3.05, 3.63) is 29.3 Å². The van der Waals surface area contributed by atoms with E-state index >= 15 is 0 Å². The van der Waals surface area contributed by atoms with Crippen LogP contribution in [0.1, 0.15) is 31.4 Å². The first-order valence-corrected chi connectivity index (χ1v) is 8.13. The summed E-state index contributed by atoms with van der Waals surface area (Å²) in [6.45, 7) is 9.11. The number of carboxylic acids is 1. The second kappa shape index (κ2) is 7.13. The second-order valence-electron chi connectivity index (χ2n) is 6.79. The molecule has 0 saturated carbocycles. The summed E-state index contributed by atoms with van der Waals surface area (Å²) in [7, 11) is 0. The van der Waals surface area contributed by atoms with Crippen LogP contribution in [0.4, 0.5) is 5.69 Å². The molecule has 5 nitrogen and oxygen atoms in total. The number of aryl methyl sites for hydroxylation is 2. The lowest BCUT2D eigenvalue weighted by atomic mass is 9.89. The number of nitrogens with one attached hydrogen (secondary N) is 1. The molecule has 1 aromatic carbocycles. The van der Waals surface area contributed by atoms with Gasteiger partial charge >= 0.3 is 5.97 Å². The Bertz CT molecular complexity index is 600. The third kappa shape index (κ3) is 4.32. The van der Waals surface area contributed by atoms with Crippen LogP contribution in [0.25, 0.3) is 0 Å². The number of carbonyl (C=O) groups is 2. The van der Waals surface area contributed by atoms with Crippen molar-refractivity contribution in [1.82, 2.24) is 4.90 Å². The largest absolute Gasteiger partial charge is 0.481 e. The van der Waals surface area contributed by atoms with Crippen LogP contribution in [0.15, 0.2) is 18.2 Å². The van der Waals surface area contributed by atoms with E-state index < -0.39 is 11.9 Å². The maximum Gasteiger partial charge on any atom is 0.307 e. The Morgan fingerprint density at radius 2 is 1.96 bits per heavy atom. The van der Waals surface area contributed by atoms with Gasteiger partial charge in [0.15, 0.2) is 0 Å². The lowest BCUT2D eigenvalue weighted by molar-refractivity contribution is -0.145. The van der Waals surface area contributed by atoms with E-state index in [9.17, 15) is 14.7 Å². The fourth-order valence-electron chi connectivity index (χ4n) is 3.12. The van der Waals surface area contributed by atoms with E-state index in [4.69, 9.17) is 0 Å². The minimum absolute atomic E-state index is 0.0912.